The van der Waals surface area contributed by atoms with E-state index in [1.165, 1.54) is 0 Å². The van der Waals surface area contributed by atoms with Gasteiger partial charge in [-0.2, -0.15) is 5.10 Å². The van der Waals surface area contributed by atoms with Crippen molar-refractivity contribution in [3.8, 4) is 0 Å². The molecule has 27 heavy (non-hydrogen) atoms. The lowest BCUT2D eigenvalue weighted by Crippen LogP contribution is -2.60. The Morgan fingerprint density at radius 3 is 3.00 bits per heavy atom. The Balaban J connectivity index is 1.31. The van der Waals surface area contributed by atoms with Gasteiger partial charge in [0.15, 0.2) is 5.82 Å². The number of hydrogen-bond acceptors (Lipinski definition) is 6. The second-order valence-electron chi connectivity index (χ2n) is 7.69. The average Bonchev–Trinajstić information content (AvgIpc) is 3.25. The number of aryl methyl sites for hydroxylation is 1. The lowest BCUT2D eigenvalue weighted by molar-refractivity contribution is -0.0635. The predicted octanol–water partition coefficient (Wildman–Crippen LogP) is 3.01. The van der Waals surface area contributed by atoms with Gasteiger partial charge in [-0.25, -0.2) is 4.79 Å². The summed E-state index contributed by atoms with van der Waals surface area (Å²) in [6.45, 7) is 4.99. The van der Waals surface area contributed by atoms with Crippen LogP contribution >= 0.6 is 0 Å². The van der Waals surface area contributed by atoms with Crippen LogP contribution in [0, 0.1) is 6.92 Å². The van der Waals surface area contributed by atoms with E-state index in [0.717, 1.165) is 42.2 Å². The Kier molecular flexibility index (Phi) is 4.73. The smallest absolute Gasteiger partial charge is 0.407 e. The Labute approximate surface area is 158 Å². The normalized spacial score (nSPS) is 23.5. The fourth-order valence-electron chi connectivity index (χ4n) is 3.60. The summed E-state index contributed by atoms with van der Waals surface area (Å²) in [5.41, 5.74) is 2.63. The lowest BCUT2D eigenvalue weighted by Gasteiger charge is -2.38. The zero-order valence-corrected chi connectivity index (χ0v) is 15.6. The molecule has 0 spiro atoms. The third-order valence-electron chi connectivity index (χ3n) is 5.21. The summed E-state index contributed by atoms with van der Waals surface area (Å²) >= 11 is 0. The number of carbonyl (C=O) groups is 1. The number of aromatic nitrogens is 3. The Morgan fingerprint density at radius 1 is 1.41 bits per heavy atom. The number of amides is 1. The molecule has 0 aromatic carbocycles. The van der Waals surface area contributed by atoms with Crippen molar-refractivity contribution in [2.45, 2.75) is 50.7 Å². The van der Waals surface area contributed by atoms with Gasteiger partial charge in [-0.15, -0.1) is 0 Å². The van der Waals surface area contributed by atoms with Crippen LogP contribution in [0.3, 0.4) is 0 Å². The molecule has 1 amide bonds. The van der Waals surface area contributed by atoms with Gasteiger partial charge in [-0.1, -0.05) is 0 Å². The largest absolute Gasteiger partial charge is 0.446 e. The zero-order valence-electron chi connectivity index (χ0n) is 15.6. The van der Waals surface area contributed by atoms with Gasteiger partial charge < -0.3 is 20.1 Å². The molecule has 4 rings (SSSR count). The maximum Gasteiger partial charge on any atom is 0.407 e. The highest BCUT2D eigenvalue weighted by Crippen LogP contribution is 2.36. The number of hydrogen-bond donors (Lipinski definition) is 3. The zero-order chi connectivity index (χ0) is 18.9. The minimum atomic E-state index is -0.356. The number of aromatic amines is 1. The van der Waals surface area contributed by atoms with Crippen molar-refractivity contribution in [1.82, 2.24) is 20.5 Å². The van der Waals surface area contributed by atoms with Crippen LogP contribution in [-0.2, 0) is 9.47 Å². The predicted molar refractivity (Wildman–Crippen MR) is 100 cm³/mol. The van der Waals surface area contributed by atoms with E-state index in [1.807, 2.05) is 32.0 Å². The third kappa shape index (κ3) is 4.05. The minimum absolute atomic E-state index is 0.0696. The molecule has 1 aliphatic heterocycles. The third-order valence-corrected chi connectivity index (χ3v) is 5.21. The summed E-state index contributed by atoms with van der Waals surface area (Å²) in [6.07, 6.45) is 3.96. The van der Waals surface area contributed by atoms with Crippen molar-refractivity contribution in [3.63, 3.8) is 0 Å². The van der Waals surface area contributed by atoms with E-state index in [4.69, 9.17) is 9.47 Å². The van der Waals surface area contributed by atoms with Crippen LogP contribution < -0.4 is 10.6 Å². The molecule has 0 bridgehead atoms. The van der Waals surface area contributed by atoms with Crippen molar-refractivity contribution >= 4 is 17.6 Å². The summed E-state index contributed by atoms with van der Waals surface area (Å²) in [5.74, 6) is 1.07. The van der Waals surface area contributed by atoms with Gasteiger partial charge in [0.05, 0.1) is 30.1 Å². The molecule has 3 heterocycles. The second-order valence-corrected chi connectivity index (χ2v) is 7.69. The molecule has 2 atom stereocenters. The number of nitrogens with zero attached hydrogens (tertiary/aromatic N) is 2. The monoisotopic (exact) mass is 371 g/mol. The first-order valence-electron chi connectivity index (χ1n) is 9.31. The molecule has 8 nitrogen and oxygen atoms in total. The van der Waals surface area contributed by atoms with Gasteiger partial charge in [0.2, 0.25) is 0 Å². The standard InChI is InChI=1S/C19H25N5O3/c1-12-15(4-3-7-20-12)21-17-9-16(23-24-17)13-5-6-14(8-13)27-18(25)22-19(2)10-26-11-19/h3-4,7,9,13-14H,5-6,8,10-11H2,1-2H3,(H,22,25)(H2,21,23,24). The quantitative estimate of drug-likeness (QED) is 0.747. The van der Waals surface area contributed by atoms with Gasteiger partial charge in [-0.3, -0.25) is 10.1 Å². The van der Waals surface area contributed by atoms with Crippen LogP contribution in [-0.4, -0.2) is 46.1 Å². The number of ether oxygens (including phenoxy) is 2. The highest BCUT2D eigenvalue weighted by Gasteiger charge is 2.37. The van der Waals surface area contributed by atoms with E-state index in [-0.39, 0.29) is 17.7 Å². The van der Waals surface area contributed by atoms with Crippen LogP contribution in [0.4, 0.5) is 16.3 Å². The summed E-state index contributed by atoms with van der Waals surface area (Å²) in [5, 5.41) is 13.6. The van der Waals surface area contributed by atoms with Crippen molar-refractivity contribution < 1.29 is 14.3 Å². The summed E-state index contributed by atoms with van der Waals surface area (Å²) < 4.78 is 10.7. The molecule has 2 aromatic heterocycles. The van der Waals surface area contributed by atoms with Crippen LogP contribution in [0.15, 0.2) is 24.4 Å². The Bertz CT molecular complexity index is 817. The second kappa shape index (κ2) is 7.19. The van der Waals surface area contributed by atoms with Gasteiger partial charge in [0.25, 0.3) is 0 Å². The number of carbonyl (C=O) groups excluding carboxylic acids is 1. The average molecular weight is 371 g/mol. The highest BCUT2D eigenvalue weighted by molar-refractivity contribution is 5.68. The van der Waals surface area contributed by atoms with Crippen molar-refractivity contribution in [1.29, 1.82) is 0 Å². The molecule has 8 heteroatoms. The molecule has 0 radical (unpaired) electrons. The van der Waals surface area contributed by atoms with Crippen LogP contribution in [0.5, 0.6) is 0 Å². The summed E-state index contributed by atoms with van der Waals surface area (Å²) in [4.78, 5) is 16.3. The first-order valence-corrected chi connectivity index (χ1v) is 9.31. The number of H-pyrrole nitrogens is 1. The summed E-state index contributed by atoms with van der Waals surface area (Å²) in [6, 6.07) is 5.89. The maximum atomic E-state index is 12.1. The molecule has 1 aliphatic carbocycles. The topological polar surface area (TPSA) is 101 Å². The molecule has 1 saturated carbocycles. The van der Waals surface area contributed by atoms with E-state index in [1.54, 1.807) is 6.20 Å². The van der Waals surface area contributed by atoms with Gasteiger partial charge in [0.1, 0.15) is 6.10 Å². The number of nitrogens with one attached hydrogen (secondary N) is 3. The molecule has 1 saturated heterocycles. The van der Waals surface area contributed by atoms with Gasteiger partial charge in [0, 0.05) is 23.9 Å². The van der Waals surface area contributed by atoms with Crippen LogP contribution in [0.1, 0.15) is 43.5 Å². The molecular weight excluding hydrogens is 346 g/mol. The van der Waals surface area contributed by atoms with Crippen LogP contribution in [0.2, 0.25) is 0 Å². The number of rotatable bonds is 5. The molecule has 2 aliphatic rings. The van der Waals surface area contributed by atoms with E-state index >= 15 is 0 Å². The first-order chi connectivity index (χ1) is 13.0. The van der Waals surface area contributed by atoms with Crippen molar-refractivity contribution in [2.24, 2.45) is 0 Å². The van der Waals surface area contributed by atoms with Crippen LogP contribution in [0.25, 0.3) is 0 Å². The molecule has 144 valence electrons. The minimum Gasteiger partial charge on any atom is -0.446 e. The molecule has 2 fully saturated rings. The van der Waals surface area contributed by atoms with E-state index in [9.17, 15) is 4.79 Å². The fraction of sp³-hybridized carbons (Fsp3) is 0.526. The fourth-order valence-corrected chi connectivity index (χ4v) is 3.60. The van der Waals surface area contributed by atoms with Crippen molar-refractivity contribution in [2.75, 3.05) is 18.5 Å². The maximum absolute atomic E-state index is 12.1. The molecular formula is C19H25N5O3. The number of pyridine rings is 1. The number of alkyl carbamates (subject to hydrolysis) is 1. The molecule has 2 unspecified atom stereocenters. The summed E-state index contributed by atoms with van der Waals surface area (Å²) in [7, 11) is 0. The Morgan fingerprint density at radius 2 is 2.26 bits per heavy atom. The van der Waals surface area contributed by atoms with E-state index < -0.39 is 0 Å². The molecule has 2 aromatic rings. The van der Waals surface area contributed by atoms with E-state index in [0.29, 0.717) is 19.1 Å². The van der Waals surface area contributed by atoms with E-state index in [2.05, 4.69) is 25.8 Å². The van der Waals surface area contributed by atoms with Gasteiger partial charge in [-0.05, 0) is 45.2 Å². The van der Waals surface area contributed by atoms with Gasteiger partial charge >= 0.3 is 6.09 Å². The molecule has 3 N–H and O–H groups in total. The SMILES string of the molecule is Cc1ncccc1Nc1cc(C2CCC(OC(=O)NC3(C)COC3)C2)[nH]n1. The Hall–Kier alpha value is -2.61. The lowest BCUT2D eigenvalue weighted by atomic mass is 10.0. The van der Waals surface area contributed by atoms with Crippen molar-refractivity contribution in [3.05, 3.63) is 35.8 Å². The number of anilines is 2. The highest BCUT2D eigenvalue weighted by atomic mass is 16.6. The first kappa shape index (κ1) is 17.8.